The first kappa shape index (κ1) is 9.67. The molecule has 2 aromatic heterocycles. The summed E-state index contributed by atoms with van der Waals surface area (Å²) in [6.07, 6.45) is 1.44. The van der Waals surface area contributed by atoms with Crippen LogP contribution in [0.5, 0.6) is 0 Å². The van der Waals surface area contributed by atoms with Crippen molar-refractivity contribution in [2.75, 3.05) is 0 Å². The summed E-state index contributed by atoms with van der Waals surface area (Å²) in [5, 5.41) is 8.82. The molecule has 5 nitrogen and oxygen atoms in total. The second kappa shape index (κ2) is 3.70. The van der Waals surface area contributed by atoms with Gasteiger partial charge in [-0.15, -0.1) is 0 Å². The van der Waals surface area contributed by atoms with Gasteiger partial charge in [-0.25, -0.2) is 14.8 Å². The van der Waals surface area contributed by atoms with Crippen LogP contribution in [0.2, 0.25) is 5.15 Å². The van der Waals surface area contributed by atoms with Crippen LogP contribution < -0.4 is 0 Å². The molecule has 0 bridgehead atoms. The van der Waals surface area contributed by atoms with E-state index in [1.54, 1.807) is 12.1 Å². The number of hydrogen-bond donors (Lipinski definition) is 1. The predicted molar refractivity (Wildman–Crippen MR) is 51.7 cm³/mol. The molecule has 0 unspecified atom stereocenters. The lowest BCUT2D eigenvalue weighted by Crippen LogP contribution is -2.02. The van der Waals surface area contributed by atoms with Crippen LogP contribution in [0.3, 0.4) is 0 Å². The van der Waals surface area contributed by atoms with Crippen LogP contribution in [0.25, 0.3) is 11.6 Å². The van der Waals surface area contributed by atoms with Crippen LogP contribution in [-0.2, 0) is 0 Å². The Morgan fingerprint density at radius 3 is 2.87 bits per heavy atom. The number of furan rings is 1. The lowest BCUT2D eigenvalue weighted by molar-refractivity contribution is 0.0690. The van der Waals surface area contributed by atoms with E-state index in [1.807, 2.05) is 0 Å². The second-order valence-corrected chi connectivity index (χ2v) is 3.07. The fraction of sp³-hybridized carbons (Fsp3) is 0. The van der Waals surface area contributed by atoms with Crippen molar-refractivity contribution in [3.8, 4) is 11.6 Å². The van der Waals surface area contributed by atoms with Crippen molar-refractivity contribution in [2.45, 2.75) is 0 Å². The average molecular weight is 225 g/mol. The number of halogens is 1. The Labute approximate surface area is 89.3 Å². The van der Waals surface area contributed by atoms with E-state index >= 15 is 0 Å². The van der Waals surface area contributed by atoms with E-state index in [0.29, 0.717) is 5.76 Å². The van der Waals surface area contributed by atoms with Crippen molar-refractivity contribution in [3.05, 3.63) is 35.3 Å². The number of carbonyl (C=O) groups is 1. The average Bonchev–Trinajstić information content (AvgIpc) is 2.69. The van der Waals surface area contributed by atoms with E-state index in [1.165, 1.54) is 12.3 Å². The number of hydrogen-bond acceptors (Lipinski definition) is 4. The fourth-order valence-electron chi connectivity index (χ4n) is 1.04. The van der Waals surface area contributed by atoms with Gasteiger partial charge in [-0.1, -0.05) is 11.6 Å². The molecule has 0 aliphatic heterocycles. The highest BCUT2D eigenvalue weighted by Crippen LogP contribution is 2.18. The van der Waals surface area contributed by atoms with Crippen molar-refractivity contribution in [1.29, 1.82) is 0 Å². The smallest absolute Gasteiger partial charge is 0.354 e. The Hall–Kier alpha value is -1.88. The van der Waals surface area contributed by atoms with Crippen LogP contribution in [0.4, 0.5) is 0 Å². The van der Waals surface area contributed by atoms with Crippen molar-refractivity contribution in [3.63, 3.8) is 0 Å². The summed E-state index contributed by atoms with van der Waals surface area (Å²) in [5.41, 5.74) is -0.165. The maximum Gasteiger partial charge on any atom is 0.354 e. The Balaban J connectivity index is 2.54. The summed E-state index contributed by atoms with van der Waals surface area (Å²) in [4.78, 5) is 18.3. The number of nitrogens with zero attached hydrogens (tertiary/aromatic N) is 2. The highest BCUT2D eigenvalue weighted by Gasteiger charge is 2.12. The minimum absolute atomic E-state index is 0.0637. The molecule has 0 spiro atoms. The van der Waals surface area contributed by atoms with Gasteiger partial charge in [-0.05, 0) is 12.1 Å². The third-order valence-electron chi connectivity index (χ3n) is 1.66. The molecule has 2 rings (SSSR count). The second-order valence-electron chi connectivity index (χ2n) is 2.68. The van der Waals surface area contributed by atoms with Crippen LogP contribution >= 0.6 is 11.6 Å². The molecule has 0 aliphatic rings. The molecule has 0 radical (unpaired) electrons. The van der Waals surface area contributed by atoms with Crippen LogP contribution in [0, 0.1) is 0 Å². The molecule has 0 saturated heterocycles. The largest absolute Gasteiger partial charge is 0.477 e. The zero-order chi connectivity index (χ0) is 10.8. The molecule has 1 N–H and O–H groups in total. The topological polar surface area (TPSA) is 76.2 Å². The zero-order valence-electron chi connectivity index (χ0n) is 7.35. The number of rotatable bonds is 2. The molecule has 0 atom stereocenters. The molecule has 0 amide bonds. The highest BCUT2D eigenvalue weighted by molar-refractivity contribution is 6.29. The van der Waals surface area contributed by atoms with E-state index < -0.39 is 5.97 Å². The minimum Gasteiger partial charge on any atom is -0.477 e. The lowest BCUT2D eigenvalue weighted by Gasteiger charge is -1.98. The van der Waals surface area contributed by atoms with Crippen LogP contribution in [0.15, 0.2) is 28.9 Å². The van der Waals surface area contributed by atoms with Gasteiger partial charge in [0, 0.05) is 6.07 Å². The van der Waals surface area contributed by atoms with Gasteiger partial charge in [0.25, 0.3) is 0 Å². The van der Waals surface area contributed by atoms with Crippen molar-refractivity contribution in [2.24, 2.45) is 0 Å². The molecule has 15 heavy (non-hydrogen) atoms. The standard InChI is InChI=1S/C9H5ClN2O3/c10-7-4-5(9(13)14)11-8(12-7)6-2-1-3-15-6/h1-4H,(H,13,14). The Morgan fingerprint density at radius 2 is 2.27 bits per heavy atom. The Kier molecular flexibility index (Phi) is 2.39. The Bertz CT molecular complexity index is 496. The maximum atomic E-state index is 10.7. The molecule has 0 aliphatic carbocycles. The number of carboxylic acid groups (broad SMARTS) is 1. The first-order valence-corrected chi connectivity index (χ1v) is 4.36. The van der Waals surface area contributed by atoms with Gasteiger partial charge in [0.2, 0.25) is 0 Å². The van der Waals surface area contributed by atoms with Crippen molar-refractivity contribution < 1.29 is 14.3 Å². The summed E-state index contributed by atoms with van der Waals surface area (Å²) < 4.78 is 5.03. The van der Waals surface area contributed by atoms with Crippen molar-refractivity contribution in [1.82, 2.24) is 9.97 Å². The van der Waals surface area contributed by atoms with Gasteiger partial charge in [0.05, 0.1) is 6.26 Å². The molecule has 76 valence electrons. The monoisotopic (exact) mass is 224 g/mol. The van der Waals surface area contributed by atoms with Gasteiger partial charge >= 0.3 is 5.97 Å². The number of aromatic carboxylic acids is 1. The SMILES string of the molecule is O=C(O)c1cc(Cl)nc(-c2ccco2)n1. The molecule has 2 aromatic rings. The predicted octanol–water partition coefficient (Wildman–Crippen LogP) is 2.09. The lowest BCUT2D eigenvalue weighted by atomic mass is 10.3. The third kappa shape index (κ3) is 1.97. The third-order valence-corrected chi connectivity index (χ3v) is 1.85. The first-order chi connectivity index (χ1) is 7.16. The van der Waals surface area contributed by atoms with Gasteiger partial charge < -0.3 is 9.52 Å². The Morgan fingerprint density at radius 1 is 1.47 bits per heavy atom. The van der Waals surface area contributed by atoms with E-state index in [4.69, 9.17) is 21.1 Å². The van der Waals surface area contributed by atoms with Gasteiger partial charge in [-0.2, -0.15) is 0 Å². The van der Waals surface area contributed by atoms with Gasteiger partial charge in [0.15, 0.2) is 17.3 Å². The molecular formula is C9H5ClN2O3. The molecule has 2 heterocycles. The first-order valence-electron chi connectivity index (χ1n) is 3.98. The van der Waals surface area contributed by atoms with Crippen LogP contribution in [-0.4, -0.2) is 21.0 Å². The minimum atomic E-state index is -1.16. The molecule has 0 saturated carbocycles. The van der Waals surface area contributed by atoms with E-state index in [9.17, 15) is 4.79 Å². The van der Waals surface area contributed by atoms with Gasteiger partial charge in [-0.3, -0.25) is 0 Å². The summed E-state index contributed by atoms with van der Waals surface area (Å²) in [6, 6.07) is 4.45. The van der Waals surface area contributed by atoms with Gasteiger partial charge in [0.1, 0.15) is 5.15 Å². The molecule has 0 fully saturated rings. The van der Waals surface area contributed by atoms with E-state index in [2.05, 4.69) is 9.97 Å². The summed E-state index contributed by atoms with van der Waals surface area (Å²) in [5.74, 6) is -0.628. The summed E-state index contributed by atoms with van der Waals surface area (Å²) in [7, 11) is 0. The fourth-order valence-corrected chi connectivity index (χ4v) is 1.23. The highest BCUT2D eigenvalue weighted by atomic mass is 35.5. The zero-order valence-corrected chi connectivity index (χ0v) is 8.10. The summed E-state index contributed by atoms with van der Waals surface area (Å²) >= 11 is 5.65. The molecule has 0 aromatic carbocycles. The molecular weight excluding hydrogens is 220 g/mol. The number of aromatic nitrogens is 2. The van der Waals surface area contributed by atoms with E-state index in [-0.39, 0.29) is 16.7 Å². The molecule has 6 heteroatoms. The number of carboxylic acids is 1. The quantitative estimate of drug-likeness (QED) is 0.791. The maximum absolute atomic E-state index is 10.7. The summed E-state index contributed by atoms with van der Waals surface area (Å²) in [6.45, 7) is 0. The van der Waals surface area contributed by atoms with Crippen molar-refractivity contribution >= 4 is 17.6 Å². The van der Waals surface area contributed by atoms with E-state index in [0.717, 1.165) is 0 Å². The van der Waals surface area contributed by atoms with Crippen LogP contribution in [0.1, 0.15) is 10.5 Å². The normalized spacial score (nSPS) is 10.2.